The number of benzene rings is 1. The molecule has 0 fully saturated rings. The van der Waals surface area contributed by atoms with Crippen LogP contribution in [0.25, 0.3) is 27.5 Å². The molecular formula is C22H22N6OS. The van der Waals surface area contributed by atoms with Crippen molar-refractivity contribution in [2.75, 3.05) is 12.8 Å². The molecule has 1 aromatic carbocycles. The van der Waals surface area contributed by atoms with Gasteiger partial charge in [-0.05, 0) is 49.6 Å². The molecule has 0 saturated carbocycles. The minimum absolute atomic E-state index is 0.586. The molecule has 0 unspecified atom stereocenters. The van der Waals surface area contributed by atoms with Gasteiger partial charge in [0.05, 0.1) is 27.6 Å². The Bertz CT molecular complexity index is 1190. The van der Waals surface area contributed by atoms with Gasteiger partial charge in [-0.25, -0.2) is 9.67 Å². The van der Waals surface area contributed by atoms with Crippen LogP contribution < -0.4 is 5.73 Å². The molecule has 0 atom stereocenters. The molecule has 1 aliphatic carbocycles. The van der Waals surface area contributed by atoms with Gasteiger partial charge in [-0.3, -0.25) is 4.98 Å². The number of hydrogen-bond acceptors (Lipinski definition) is 7. The lowest BCUT2D eigenvalue weighted by molar-refractivity contribution is 0.399. The molecule has 7 nitrogen and oxygen atoms in total. The maximum absolute atomic E-state index is 7.43. The predicted molar refractivity (Wildman–Crippen MR) is 120 cm³/mol. The first-order chi connectivity index (χ1) is 14.6. The fourth-order valence-electron chi connectivity index (χ4n) is 3.63. The van der Waals surface area contributed by atoms with Crippen molar-refractivity contribution in [3.63, 3.8) is 0 Å². The molecule has 152 valence electrons. The Morgan fingerprint density at radius 2 is 1.90 bits per heavy atom. The normalized spacial score (nSPS) is 11.8. The Hall–Kier alpha value is -3.36. The maximum atomic E-state index is 7.43. The Labute approximate surface area is 178 Å². The highest BCUT2D eigenvalue weighted by Gasteiger charge is 2.29. The van der Waals surface area contributed by atoms with E-state index in [1.54, 1.807) is 0 Å². The molecule has 0 amide bonds. The molecule has 3 heterocycles. The van der Waals surface area contributed by atoms with E-state index in [-0.39, 0.29) is 0 Å². The number of nitrogens with zero attached hydrogens (tertiary/aromatic N) is 4. The average molecular weight is 419 g/mol. The summed E-state index contributed by atoms with van der Waals surface area (Å²) in [4.78, 5) is 10.1. The topological polar surface area (TPSA) is 114 Å². The van der Waals surface area contributed by atoms with E-state index in [9.17, 15) is 0 Å². The molecule has 30 heavy (non-hydrogen) atoms. The van der Waals surface area contributed by atoms with Crippen molar-refractivity contribution in [2.24, 2.45) is 0 Å². The third-order valence-corrected chi connectivity index (χ3v) is 5.95. The van der Waals surface area contributed by atoms with Gasteiger partial charge in [0.2, 0.25) is 0 Å². The number of nitrogens with one attached hydrogen (secondary N) is 1. The number of anilines is 1. The molecule has 1 aliphatic rings. The van der Waals surface area contributed by atoms with Gasteiger partial charge in [-0.1, -0.05) is 23.5 Å². The molecule has 0 aliphatic heterocycles. The summed E-state index contributed by atoms with van der Waals surface area (Å²) in [5.74, 6) is 0. The summed E-state index contributed by atoms with van der Waals surface area (Å²) in [6.07, 6.45) is 4.96. The summed E-state index contributed by atoms with van der Waals surface area (Å²) >= 11 is 1.51. The summed E-state index contributed by atoms with van der Waals surface area (Å²) in [6, 6.07) is 11.9. The maximum Gasteiger partial charge on any atom is 0.180 e. The van der Waals surface area contributed by atoms with Crippen molar-refractivity contribution in [3.05, 3.63) is 65.1 Å². The van der Waals surface area contributed by atoms with Crippen molar-refractivity contribution < 1.29 is 5.11 Å². The number of nitrogen functional groups attached to an aromatic ring is 1. The second-order valence-corrected chi connectivity index (χ2v) is 7.87. The third-order valence-electron chi connectivity index (χ3n) is 5.01. The first-order valence-electron chi connectivity index (χ1n) is 9.50. The lowest BCUT2D eigenvalue weighted by Crippen LogP contribution is -2.06. The van der Waals surface area contributed by atoms with Crippen molar-refractivity contribution >= 4 is 22.7 Å². The number of pyridine rings is 1. The van der Waals surface area contributed by atoms with Crippen LogP contribution in [0.2, 0.25) is 0 Å². The third kappa shape index (κ3) is 3.40. The number of nitrogens with two attached hydrogens (primary N) is 1. The van der Waals surface area contributed by atoms with Crippen LogP contribution in [0.3, 0.4) is 0 Å². The van der Waals surface area contributed by atoms with Gasteiger partial charge in [-0.15, -0.1) is 0 Å². The first-order valence-corrected chi connectivity index (χ1v) is 10.3. The van der Waals surface area contributed by atoms with Crippen LogP contribution in [0.5, 0.6) is 0 Å². The van der Waals surface area contributed by atoms with Crippen molar-refractivity contribution in [2.45, 2.75) is 19.8 Å². The highest BCUT2D eigenvalue weighted by Crippen LogP contribution is 2.43. The number of rotatable bonds is 3. The Morgan fingerprint density at radius 1 is 1.13 bits per heavy atom. The van der Waals surface area contributed by atoms with Gasteiger partial charge < -0.3 is 16.2 Å². The minimum atomic E-state index is 0.586. The smallest absolute Gasteiger partial charge is 0.180 e. The van der Waals surface area contributed by atoms with E-state index in [1.807, 2.05) is 48.1 Å². The van der Waals surface area contributed by atoms with Gasteiger partial charge >= 0.3 is 0 Å². The van der Waals surface area contributed by atoms with Gasteiger partial charge in [-0.2, -0.15) is 5.10 Å². The van der Waals surface area contributed by atoms with Gasteiger partial charge in [0, 0.05) is 36.3 Å². The Morgan fingerprint density at radius 3 is 2.57 bits per heavy atom. The number of hydrogen-bond donors (Lipinski definition) is 3. The zero-order valence-electron chi connectivity index (χ0n) is 16.8. The highest BCUT2D eigenvalue weighted by atomic mass is 32.1. The summed E-state index contributed by atoms with van der Waals surface area (Å²) in [5.41, 5.74) is 14.1. The Balaban J connectivity index is 0.00000106. The zero-order chi connectivity index (χ0) is 21.3. The van der Waals surface area contributed by atoms with Gasteiger partial charge in [0.15, 0.2) is 5.13 Å². The monoisotopic (exact) mass is 418 g/mol. The van der Waals surface area contributed by atoms with E-state index >= 15 is 0 Å². The fourth-order valence-corrected chi connectivity index (χ4v) is 4.56. The van der Waals surface area contributed by atoms with E-state index in [1.165, 1.54) is 23.1 Å². The summed E-state index contributed by atoms with van der Waals surface area (Å²) in [6.45, 7) is 1.98. The van der Waals surface area contributed by atoms with E-state index in [0.717, 1.165) is 64.4 Å². The van der Waals surface area contributed by atoms with E-state index in [2.05, 4.69) is 16.0 Å². The van der Waals surface area contributed by atoms with Gasteiger partial charge in [0.1, 0.15) is 0 Å². The van der Waals surface area contributed by atoms with Crippen LogP contribution in [0, 0.1) is 12.3 Å². The molecule has 3 aromatic heterocycles. The molecule has 0 bridgehead atoms. The van der Waals surface area contributed by atoms with Crippen LogP contribution in [0.4, 0.5) is 5.13 Å². The van der Waals surface area contributed by atoms with E-state index < -0.39 is 0 Å². The SMILES string of the molecule is CO.Cc1ccc(-c2nn(-c3ccc(C=N)cc3)c3c2CCc2nc(N)sc2-3)cn1. The number of fused-ring (bicyclic) bond motifs is 3. The molecule has 0 saturated heterocycles. The standard InChI is InChI=1S/C21H18N6S.CH4O/c1-12-2-5-14(11-24-12)18-16-8-9-17-20(28-21(23)25-17)19(16)27(26-18)15-6-3-13(10-22)4-7-15;1-2/h2-7,10-11,22H,8-9H2,1H3,(H2,23,25);2H,1H3. The molecule has 0 radical (unpaired) electrons. The zero-order valence-corrected chi connectivity index (χ0v) is 17.6. The van der Waals surface area contributed by atoms with Crippen molar-refractivity contribution in [1.29, 1.82) is 5.41 Å². The number of aliphatic hydroxyl groups excluding tert-OH is 1. The van der Waals surface area contributed by atoms with Crippen molar-refractivity contribution in [3.8, 4) is 27.5 Å². The average Bonchev–Trinajstić information content (AvgIpc) is 3.35. The molecule has 0 spiro atoms. The molecular weight excluding hydrogens is 396 g/mol. The molecule has 8 heteroatoms. The van der Waals surface area contributed by atoms with Crippen LogP contribution in [0.15, 0.2) is 42.6 Å². The second-order valence-electron chi connectivity index (χ2n) is 6.84. The fraction of sp³-hybridized carbons (Fsp3) is 0.182. The number of thiazole rings is 1. The Kier molecular flexibility index (Phi) is 5.43. The van der Waals surface area contributed by atoms with E-state index in [0.29, 0.717) is 5.13 Å². The quantitative estimate of drug-likeness (QED) is 0.440. The lowest BCUT2D eigenvalue weighted by atomic mass is 9.95. The number of aromatic nitrogens is 4. The summed E-state index contributed by atoms with van der Waals surface area (Å²) in [5, 5.41) is 20.0. The first kappa shape index (κ1) is 19.9. The highest BCUT2D eigenvalue weighted by molar-refractivity contribution is 7.18. The summed E-state index contributed by atoms with van der Waals surface area (Å²) in [7, 11) is 1.00. The molecule has 4 aromatic rings. The van der Waals surface area contributed by atoms with E-state index in [4.69, 9.17) is 21.3 Å². The number of aryl methyl sites for hydroxylation is 2. The van der Waals surface area contributed by atoms with Crippen LogP contribution in [0.1, 0.15) is 22.5 Å². The van der Waals surface area contributed by atoms with Crippen molar-refractivity contribution in [1.82, 2.24) is 19.7 Å². The molecule has 5 rings (SSSR count). The largest absolute Gasteiger partial charge is 0.400 e. The van der Waals surface area contributed by atoms with Gasteiger partial charge in [0.25, 0.3) is 0 Å². The minimum Gasteiger partial charge on any atom is -0.400 e. The second kappa shape index (κ2) is 8.17. The van der Waals surface area contributed by atoms with Crippen LogP contribution in [-0.4, -0.2) is 38.2 Å². The summed E-state index contributed by atoms with van der Waals surface area (Å²) < 4.78 is 1.98. The molecule has 4 N–H and O–H groups in total. The predicted octanol–water partition coefficient (Wildman–Crippen LogP) is 3.65. The van der Waals surface area contributed by atoms with Crippen LogP contribution >= 0.6 is 11.3 Å². The van der Waals surface area contributed by atoms with Crippen LogP contribution in [-0.2, 0) is 12.8 Å². The lowest BCUT2D eigenvalue weighted by Gasteiger charge is -2.14. The number of aliphatic hydroxyl groups is 1.